The Kier molecular flexibility index (Phi) is 4.34. The lowest BCUT2D eigenvalue weighted by atomic mass is 9.76. The average Bonchev–Trinajstić information content (AvgIpc) is 2.66. The van der Waals surface area contributed by atoms with Gasteiger partial charge in [0.2, 0.25) is 17.7 Å². The van der Waals surface area contributed by atoms with Crippen LogP contribution in [0.4, 0.5) is 0 Å². The van der Waals surface area contributed by atoms with E-state index < -0.39 is 0 Å². The molecule has 116 valence electrons. The summed E-state index contributed by atoms with van der Waals surface area (Å²) in [5.74, 6) is 0.204. The molecule has 21 heavy (non-hydrogen) atoms. The minimum Gasteiger partial charge on any atom is -0.481 e. The summed E-state index contributed by atoms with van der Waals surface area (Å²) < 4.78 is 7.09. The summed E-state index contributed by atoms with van der Waals surface area (Å²) in [6, 6.07) is 0. The van der Waals surface area contributed by atoms with Gasteiger partial charge in [0.25, 0.3) is 0 Å². The van der Waals surface area contributed by atoms with Crippen LogP contribution < -0.4 is 10.1 Å². The number of aromatic nitrogens is 2. The normalized spacial score (nSPS) is 22.6. The van der Waals surface area contributed by atoms with Gasteiger partial charge in [0.15, 0.2) is 0 Å². The van der Waals surface area contributed by atoms with Crippen LogP contribution in [0.25, 0.3) is 0 Å². The van der Waals surface area contributed by atoms with Crippen molar-refractivity contribution in [2.24, 2.45) is 18.9 Å². The van der Waals surface area contributed by atoms with E-state index in [1.165, 1.54) is 0 Å². The Hall–Kier alpha value is -1.85. The molecule has 2 amide bonds. The van der Waals surface area contributed by atoms with Crippen molar-refractivity contribution in [1.82, 2.24) is 15.1 Å². The molecule has 1 aromatic heterocycles. The number of amides is 2. The van der Waals surface area contributed by atoms with Crippen LogP contribution in [0.5, 0.6) is 5.88 Å². The number of hydrogen-bond donors (Lipinski definition) is 1. The lowest BCUT2D eigenvalue weighted by molar-refractivity contribution is -0.137. The molecule has 0 spiro atoms. The molecule has 6 heteroatoms. The Bertz CT molecular complexity index is 563. The zero-order valence-corrected chi connectivity index (χ0v) is 13.3. The van der Waals surface area contributed by atoms with Gasteiger partial charge in [-0.05, 0) is 19.3 Å². The van der Waals surface area contributed by atoms with Crippen molar-refractivity contribution in [3.8, 4) is 5.88 Å². The second-order valence-corrected chi connectivity index (χ2v) is 6.09. The fraction of sp³-hybridized carbons (Fsp3) is 0.667. The molecule has 6 nitrogen and oxygen atoms in total. The van der Waals surface area contributed by atoms with Gasteiger partial charge in [0.05, 0.1) is 12.8 Å². The number of nitrogens with one attached hydrogen (secondary N) is 1. The number of hydrogen-bond acceptors (Lipinski definition) is 4. The van der Waals surface area contributed by atoms with Gasteiger partial charge in [-0.15, -0.1) is 0 Å². The molecule has 2 unspecified atom stereocenters. The van der Waals surface area contributed by atoms with Gasteiger partial charge in [0.1, 0.15) is 0 Å². The molecule has 1 fully saturated rings. The Morgan fingerprint density at radius 1 is 1.43 bits per heavy atom. The van der Waals surface area contributed by atoms with Crippen molar-refractivity contribution in [2.75, 3.05) is 7.11 Å². The summed E-state index contributed by atoms with van der Waals surface area (Å²) in [5.41, 5.74) is 1.70. The Balaban J connectivity index is 2.46. The van der Waals surface area contributed by atoms with E-state index >= 15 is 0 Å². The van der Waals surface area contributed by atoms with Crippen LogP contribution in [-0.2, 0) is 16.6 Å². The first kappa shape index (κ1) is 15.5. The SMILES string of the molecule is COc1c(C2CC(=O)NC(=O)C2CC(C)C)c(C)nn1C. The van der Waals surface area contributed by atoms with Crippen LogP contribution in [-0.4, -0.2) is 28.7 Å². The van der Waals surface area contributed by atoms with E-state index in [0.29, 0.717) is 18.2 Å². The third-order valence-electron chi connectivity index (χ3n) is 3.99. The zero-order valence-electron chi connectivity index (χ0n) is 13.3. The molecule has 2 heterocycles. The van der Waals surface area contributed by atoms with Gasteiger partial charge < -0.3 is 4.74 Å². The van der Waals surface area contributed by atoms with Gasteiger partial charge in [-0.2, -0.15) is 5.10 Å². The first-order valence-corrected chi connectivity index (χ1v) is 7.26. The number of imide groups is 1. The van der Waals surface area contributed by atoms with Gasteiger partial charge in [-0.3, -0.25) is 14.9 Å². The second kappa shape index (κ2) is 5.87. The number of carbonyl (C=O) groups excluding carboxylic acids is 2. The first-order chi connectivity index (χ1) is 9.85. The van der Waals surface area contributed by atoms with E-state index in [-0.39, 0.29) is 23.7 Å². The molecule has 1 N–H and O–H groups in total. The van der Waals surface area contributed by atoms with Crippen molar-refractivity contribution in [3.05, 3.63) is 11.3 Å². The molecule has 2 rings (SSSR count). The van der Waals surface area contributed by atoms with E-state index in [9.17, 15) is 9.59 Å². The number of ether oxygens (including phenoxy) is 1. The van der Waals surface area contributed by atoms with E-state index in [1.807, 2.05) is 6.92 Å². The maximum atomic E-state index is 12.2. The van der Waals surface area contributed by atoms with Crippen molar-refractivity contribution in [1.29, 1.82) is 0 Å². The smallest absolute Gasteiger partial charge is 0.230 e. The van der Waals surface area contributed by atoms with Gasteiger partial charge in [-0.1, -0.05) is 13.8 Å². The van der Waals surface area contributed by atoms with Crippen molar-refractivity contribution >= 4 is 11.8 Å². The molecule has 1 aromatic rings. The third kappa shape index (κ3) is 2.94. The van der Waals surface area contributed by atoms with Gasteiger partial charge in [-0.25, -0.2) is 4.68 Å². The molecule has 0 aromatic carbocycles. The maximum absolute atomic E-state index is 12.2. The van der Waals surface area contributed by atoms with E-state index in [4.69, 9.17) is 4.74 Å². The lowest BCUT2D eigenvalue weighted by Gasteiger charge is -2.31. The molecular weight excluding hydrogens is 270 g/mol. The molecule has 0 bridgehead atoms. The third-order valence-corrected chi connectivity index (χ3v) is 3.99. The van der Waals surface area contributed by atoms with Crippen LogP contribution in [0.15, 0.2) is 0 Å². The summed E-state index contributed by atoms with van der Waals surface area (Å²) >= 11 is 0. The molecule has 0 saturated carbocycles. The van der Waals surface area contributed by atoms with Crippen molar-refractivity contribution in [3.63, 3.8) is 0 Å². The lowest BCUT2D eigenvalue weighted by Crippen LogP contribution is -2.45. The summed E-state index contributed by atoms with van der Waals surface area (Å²) in [5, 5.41) is 6.82. The highest BCUT2D eigenvalue weighted by Gasteiger charge is 2.40. The summed E-state index contributed by atoms with van der Waals surface area (Å²) in [7, 11) is 3.39. The minimum absolute atomic E-state index is 0.169. The molecule has 1 saturated heterocycles. The van der Waals surface area contributed by atoms with Crippen LogP contribution in [0.3, 0.4) is 0 Å². The van der Waals surface area contributed by atoms with Crippen LogP contribution in [0, 0.1) is 18.8 Å². The topological polar surface area (TPSA) is 73.2 Å². The van der Waals surface area contributed by atoms with Crippen LogP contribution in [0.2, 0.25) is 0 Å². The Morgan fingerprint density at radius 2 is 2.10 bits per heavy atom. The molecule has 0 radical (unpaired) electrons. The predicted molar refractivity (Wildman–Crippen MR) is 77.9 cm³/mol. The second-order valence-electron chi connectivity index (χ2n) is 6.09. The number of carbonyl (C=O) groups is 2. The molecule has 1 aliphatic rings. The van der Waals surface area contributed by atoms with E-state index in [2.05, 4.69) is 24.3 Å². The largest absolute Gasteiger partial charge is 0.481 e. The standard InChI is InChI=1S/C15H23N3O3/c1-8(2)6-11-10(7-12(19)16-14(11)20)13-9(3)17-18(4)15(13)21-5/h8,10-11H,6-7H2,1-5H3,(H,16,19,20). The van der Waals surface area contributed by atoms with Crippen LogP contribution in [0.1, 0.15) is 43.9 Å². The monoisotopic (exact) mass is 293 g/mol. The number of aryl methyl sites for hydroxylation is 2. The molecule has 2 atom stereocenters. The zero-order chi connectivity index (χ0) is 15.7. The Labute approximate surface area is 124 Å². The molecule has 1 aliphatic heterocycles. The highest BCUT2D eigenvalue weighted by molar-refractivity contribution is 6.00. The van der Waals surface area contributed by atoms with Crippen molar-refractivity contribution in [2.45, 2.75) is 39.5 Å². The Morgan fingerprint density at radius 3 is 2.67 bits per heavy atom. The van der Waals surface area contributed by atoms with E-state index in [0.717, 1.165) is 17.7 Å². The van der Waals surface area contributed by atoms with Crippen molar-refractivity contribution < 1.29 is 14.3 Å². The highest BCUT2D eigenvalue weighted by Crippen LogP contribution is 2.40. The number of nitrogens with zero attached hydrogens (tertiary/aromatic N) is 2. The minimum atomic E-state index is -0.227. The van der Waals surface area contributed by atoms with E-state index in [1.54, 1.807) is 18.8 Å². The quantitative estimate of drug-likeness (QED) is 0.854. The fourth-order valence-corrected chi connectivity index (χ4v) is 3.21. The first-order valence-electron chi connectivity index (χ1n) is 7.26. The summed E-state index contributed by atoms with van der Waals surface area (Å²) in [6.45, 7) is 6.05. The van der Waals surface area contributed by atoms with Crippen LogP contribution >= 0.6 is 0 Å². The number of methoxy groups -OCH3 is 1. The average molecular weight is 293 g/mol. The summed E-state index contributed by atoms with van der Waals surface area (Å²) in [6.07, 6.45) is 1.04. The van der Waals surface area contributed by atoms with Gasteiger partial charge in [0, 0.05) is 30.9 Å². The molecule has 0 aliphatic carbocycles. The maximum Gasteiger partial charge on any atom is 0.230 e. The fourth-order valence-electron chi connectivity index (χ4n) is 3.21. The van der Waals surface area contributed by atoms with Gasteiger partial charge >= 0.3 is 0 Å². The predicted octanol–water partition coefficient (Wildman–Crippen LogP) is 1.53. The number of piperidine rings is 1. The summed E-state index contributed by atoms with van der Waals surface area (Å²) in [4.78, 5) is 24.0. The number of rotatable bonds is 4. The highest BCUT2D eigenvalue weighted by atomic mass is 16.5. The molecular formula is C15H23N3O3.